The molecule has 0 spiro atoms. The molecule has 4 aromatic rings. The molecule has 0 aromatic carbocycles. The molecule has 9 heteroatoms. The van der Waals surface area contributed by atoms with Crippen LogP contribution in [0.25, 0.3) is 16.9 Å². The minimum Gasteiger partial charge on any atom is -0.341 e. The van der Waals surface area contributed by atoms with E-state index in [0.29, 0.717) is 24.4 Å². The predicted octanol–water partition coefficient (Wildman–Crippen LogP) is 2.97. The van der Waals surface area contributed by atoms with Crippen LogP contribution in [-0.4, -0.2) is 46.5 Å². The third-order valence-electron chi connectivity index (χ3n) is 5.09. The number of rotatable bonds is 2. The SMILES string of the molecule is CC1c2ccc(-c3cncnc3)n2CCN1C(=O)c1cc2ncc(Br)cn2n1. The monoisotopic (exact) mass is 437 g/mol. The summed E-state index contributed by atoms with van der Waals surface area (Å²) in [5.74, 6) is -0.0915. The van der Waals surface area contributed by atoms with Crippen LogP contribution in [0.1, 0.15) is 29.1 Å². The Morgan fingerprint density at radius 2 is 2.00 bits per heavy atom. The highest BCUT2D eigenvalue weighted by molar-refractivity contribution is 9.10. The second kappa shape index (κ2) is 6.52. The first-order valence-electron chi connectivity index (χ1n) is 8.88. The van der Waals surface area contributed by atoms with Crippen LogP contribution in [0.4, 0.5) is 0 Å². The molecule has 0 bridgehead atoms. The van der Waals surface area contributed by atoms with E-state index in [2.05, 4.69) is 52.7 Å². The summed E-state index contributed by atoms with van der Waals surface area (Å²) >= 11 is 3.37. The van der Waals surface area contributed by atoms with Gasteiger partial charge in [-0.2, -0.15) is 5.10 Å². The molecule has 0 aliphatic carbocycles. The Hall–Kier alpha value is -3.07. The van der Waals surface area contributed by atoms with E-state index in [1.807, 2.05) is 11.8 Å². The molecule has 0 radical (unpaired) electrons. The molecule has 1 unspecified atom stereocenters. The lowest BCUT2D eigenvalue weighted by Crippen LogP contribution is -2.41. The quantitative estimate of drug-likeness (QED) is 0.481. The number of nitrogens with zero attached hydrogens (tertiary/aromatic N) is 7. The maximum absolute atomic E-state index is 13.1. The summed E-state index contributed by atoms with van der Waals surface area (Å²) in [7, 11) is 0. The van der Waals surface area contributed by atoms with Crippen LogP contribution in [0.15, 0.2) is 53.8 Å². The molecule has 1 aliphatic heterocycles. The molecule has 0 fully saturated rings. The molecule has 0 saturated carbocycles. The first-order valence-corrected chi connectivity index (χ1v) is 9.68. The second-order valence-corrected chi connectivity index (χ2v) is 7.62. The average Bonchev–Trinajstić information content (AvgIpc) is 3.32. The smallest absolute Gasteiger partial charge is 0.275 e. The molecule has 8 nitrogen and oxygen atoms in total. The molecule has 5 rings (SSSR count). The van der Waals surface area contributed by atoms with Crippen LogP contribution in [-0.2, 0) is 6.54 Å². The highest BCUT2D eigenvalue weighted by Crippen LogP contribution is 2.32. The van der Waals surface area contributed by atoms with Crippen molar-refractivity contribution in [3.05, 3.63) is 65.2 Å². The first kappa shape index (κ1) is 17.1. The number of fused-ring (bicyclic) bond motifs is 2. The number of carbonyl (C=O) groups excluding carboxylic acids is 1. The lowest BCUT2D eigenvalue weighted by molar-refractivity contribution is 0.0638. The summed E-state index contributed by atoms with van der Waals surface area (Å²) in [6.07, 6.45) is 8.61. The third kappa shape index (κ3) is 2.70. The second-order valence-electron chi connectivity index (χ2n) is 6.70. The van der Waals surface area contributed by atoms with E-state index in [1.54, 1.807) is 35.4 Å². The molecule has 5 heterocycles. The van der Waals surface area contributed by atoms with Gasteiger partial charge in [-0.3, -0.25) is 4.79 Å². The standard InChI is InChI=1S/C19H16BrN7O/c1-12-16-2-3-17(13-7-21-11-22-8-13)26(16)5-4-25(12)19(28)15-6-18-23-9-14(20)10-27(18)24-15/h2-3,6-12H,4-5H2,1H3. The van der Waals surface area contributed by atoms with Gasteiger partial charge < -0.3 is 9.47 Å². The van der Waals surface area contributed by atoms with Crippen molar-refractivity contribution in [2.45, 2.75) is 19.5 Å². The molecular formula is C19H16BrN7O. The Morgan fingerprint density at radius 3 is 2.82 bits per heavy atom. The van der Waals surface area contributed by atoms with Crippen molar-refractivity contribution in [2.24, 2.45) is 0 Å². The van der Waals surface area contributed by atoms with Gasteiger partial charge >= 0.3 is 0 Å². The predicted molar refractivity (Wildman–Crippen MR) is 106 cm³/mol. The third-order valence-corrected chi connectivity index (χ3v) is 5.50. The van der Waals surface area contributed by atoms with Gasteiger partial charge in [0.25, 0.3) is 5.91 Å². The molecule has 28 heavy (non-hydrogen) atoms. The van der Waals surface area contributed by atoms with Crippen molar-refractivity contribution >= 4 is 27.5 Å². The lowest BCUT2D eigenvalue weighted by atomic mass is 10.1. The lowest BCUT2D eigenvalue weighted by Gasteiger charge is -2.35. The van der Waals surface area contributed by atoms with Gasteiger partial charge in [-0.15, -0.1) is 0 Å². The van der Waals surface area contributed by atoms with Crippen LogP contribution in [0.5, 0.6) is 0 Å². The molecule has 0 saturated heterocycles. The van der Waals surface area contributed by atoms with Crippen LogP contribution in [0.2, 0.25) is 0 Å². The summed E-state index contributed by atoms with van der Waals surface area (Å²) < 4.78 is 4.65. The van der Waals surface area contributed by atoms with Gasteiger partial charge in [0.1, 0.15) is 6.33 Å². The molecule has 140 valence electrons. The largest absolute Gasteiger partial charge is 0.341 e. The van der Waals surface area contributed by atoms with E-state index in [0.717, 1.165) is 21.4 Å². The van der Waals surface area contributed by atoms with Crippen LogP contribution in [0, 0.1) is 0 Å². The fourth-order valence-corrected chi connectivity index (χ4v) is 4.02. The molecule has 0 N–H and O–H groups in total. The normalized spacial score (nSPS) is 16.4. The van der Waals surface area contributed by atoms with E-state index >= 15 is 0 Å². The zero-order valence-electron chi connectivity index (χ0n) is 15.0. The Balaban J connectivity index is 1.46. The minimum atomic E-state index is -0.0915. The summed E-state index contributed by atoms with van der Waals surface area (Å²) in [6, 6.07) is 5.78. The number of hydrogen-bond acceptors (Lipinski definition) is 5. The highest BCUT2D eigenvalue weighted by atomic mass is 79.9. The van der Waals surface area contributed by atoms with Crippen molar-refractivity contribution in [2.75, 3.05) is 6.54 Å². The topological polar surface area (TPSA) is 81.2 Å². The van der Waals surface area contributed by atoms with Gasteiger partial charge in [-0.05, 0) is 35.0 Å². The van der Waals surface area contributed by atoms with E-state index in [4.69, 9.17) is 0 Å². The summed E-state index contributed by atoms with van der Waals surface area (Å²) in [6.45, 7) is 3.35. The minimum absolute atomic E-state index is 0.0656. The molecule has 1 atom stereocenters. The van der Waals surface area contributed by atoms with Gasteiger partial charge in [0.05, 0.1) is 16.2 Å². The van der Waals surface area contributed by atoms with Crippen LogP contribution in [0.3, 0.4) is 0 Å². The fraction of sp³-hybridized carbons (Fsp3) is 0.211. The number of halogens is 1. The van der Waals surface area contributed by atoms with Gasteiger partial charge in [0.15, 0.2) is 11.3 Å². The van der Waals surface area contributed by atoms with Crippen molar-refractivity contribution in [3.8, 4) is 11.3 Å². The van der Waals surface area contributed by atoms with Gasteiger partial charge in [0, 0.05) is 55.2 Å². The zero-order chi connectivity index (χ0) is 19.3. The highest BCUT2D eigenvalue weighted by Gasteiger charge is 2.31. The van der Waals surface area contributed by atoms with Gasteiger partial charge in [-0.25, -0.2) is 19.5 Å². The number of carbonyl (C=O) groups is 1. The van der Waals surface area contributed by atoms with Crippen molar-refractivity contribution in [3.63, 3.8) is 0 Å². The van der Waals surface area contributed by atoms with E-state index in [9.17, 15) is 4.79 Å². The van der Waals surface area contributed by atoms with Gasteiger partial charge in [0.2, 0.25) is 0 Å². The van der Waals surface area contributed by atoms with Gasteiger partial charge in [-0.1, -0.05) is 0 Å². The molecular weight excluding hydrogens is 422 g/mol. The summed E-state index contributed by atoms with van der Waals surface area (Å²) in [4.78, 5) is 27.5. The summed E-state index contributed by atoms with van der Waals surface area (Å²) in [5, 5.41) is 4.40. The number of amides is 1. The average molecular weight is 438 g/mol. The first-order chi connectivity index (χ1) is 13.6. The number of aromatic nitrogens is 6. The van der Waals surface area contributed by atoms with Crippen molar-refractivity contribution in [1.82, 2.24) is 34.0 Å². The number of hydrogen-bond donors (Lipinski definition) is 0. The summed E-state index contributed by atoms with van der Waals surface area (Å²) in [5.41, 5.74) is 4.16. The van der Waals surface area contributed by atoms with E-state index in [-0.39, 0.29) is 11.9 Å². The fourth-order valence-electron chi connectivity index (χ4n) is 3.73. The van der Waals surface area contributed by atoms with E-state index in [1.165, 1.54) is 6.33 Å². The Morgan fingerprint density at radius 1 is 1.18 bits per heavy atom. The van der Waals surface area contributed by atoms with Crippen molar-refractivity contribution < 1.29 is 4.79 Å². The van der Waals surface area contributed by atoms with Crippen molar-refractivity contribution in [1.29, 1.82) is 0 Å². The zero-order valence-corrected chi connectivity index (χ0v) is 16.6. The Bertz CT molecular complexity index is 1180. The molecule has 1 aliphatic rings. The maximum atomic E-state index is 13.1. The molecule has 1 amide bonds. The molecule has 4 aromatic heterocycles. The Kier molecular flexibility index (Phi) is 3.97. The van der Waals surface area contributed by atoms with E-state index < -0.39 is 0 Å². The maximum Gasteiger partial charge on any atom is 0.275 e. The van der Waals surface area contributed by atoms with Crippen LogP contribution >= 0.6 is 15.9 Å². The van der Waals surface area contributed by atoms with Crippen LogP contribution < -0.4 is 0 Å². The Labute approximate surface area is 169 Å².